The maximum atomic E-state index is 12.8. The number of allylic oxidation sites excluding steroid dienone is 2. The molecule has 1 aromatic carbocycles. The van der Waals surface area contributed by atoms with Crippen LogP contribution in [0.1, 0.15) is 44.1 Å². The number of amides is 1. The number of carbonyl (C=O) groups is 2. The average Bonchev–Trinajstić information content (AvgIpc) is 3.22. The molecule has 27 heavy (non-hydrogen) atoms. The molecule has 5 heteroatoms. The Morgan fingerprint density at radius 3 is 2.85 bits per heavy atom. The molecule has 1 amide bonds. The molecule has 0 aromatic heterocycles. The minimum atomic E-state index is -0.750. The number of benzene rings is 1. The Morgan fingerprint density at radius 1 is 1.26 bits per heavy atom. The number of aliphatic carboxylic acids is 1. The van der Waals surface area contributed by atoms with E-state index in [-0.39, 0.29) is 18.2 Å². The molecule has 0 radical (unpaired) electrons. The number of rotatable bonds is 9. The highest BCUT2D eigenvalue weighted by molar-refractivity contribution is 6.30. The zero-order valence-corrected chi connectivity index (χ0v) is 16.3. The third-order valence-electron chi connectivity index (χ3n) is 6.01. The Hall–Kier alpha value is -1.81. The molecule has 0 aliphatic heterocycles. The SMILES string of the molecule is O=C(O)CCCC=CC1C2CCC(C2)C1C(=O)NCCc1cccc(Cl)c1. The standard InChI is InChI=1S/C22H28ClNO3/c23-18-6-4-5-15(13-18)11-12-24-22(27)21-17-10-9-16(14-17)19(21)7-2-1-3-8-20(25)26/h2,4-7,13,16-17,19,21H,1,3,8-12,14H2,(H,24,27)(H,25,26). The van der Waals surface area contributed by atoms with Crippen LogP contribution >= 0.6 is 11.6 Å². The van der Waals surface area contributed by atoms with E-state index in [1.807, 2.05) is 24.3 Å². The summed E-state index contributed by atoms with van der Waals surface area (Å²) in [6.07, 6.45) is 10.2. The van der Waals surface area contributed by atoms with E-state index in [0.717, 1.165) is 36.3 Å². The molecule has 4 atom stereocenters. The third kappa shape index (κ3) is 5.35. The molecular weight excluding hydrogens is 362 g/mol. The van der Waals surface area contributed by atoms with Gasteiger partial charge in [0.1, 0.15) is 0 Å². The van der Waals surface area contributed by atoms with Crippen LogP contribution in [-0.4, -0.2) is 23.5 Å². The number of carbonyl (C=O) groups excluding carboxylic acids is 1. The molecule has 146 valence electrons. The fourth-order valence-electron chi connectivity index (χ4n) is 4.77. The second-order valence-corrected chi connectivity index (χ2v) is 8.26. The van der Waals surface area contributed by atoms with Gasteiger partial charge in [-0.05, 0) is 74.0 Å². The number of nitrogens with one attached hydrogen (secondary N) is 1. The Morgan fingerprint density at radius 2 is 2.07 bits per heavy atom. The maximum absolute atomic E-state index is 12.8. The molecule has 0 spiro atoms. The van der Waals surface area contributed by atoms with Crippen molar-refractivity contribution >= 4 is 23.5 Å². The Kier molecular flexibility index (Phi) is 6.95. The van der Waals surface area contributed by atoms with Crippen LogP contribution in [-0.2, 0) is 16.0 Å². The molecule has 2 saturated carbocycles. The van der Waals surface area contributed by atoms with Crippen molar-refractivity contribution in [1.29, 1.82) is 0 Å². The van der Waals surface area contributed by atoms with Crippen molar-refractivity contribution in [1.82, 2.24) is 5.32 Å². The highest BCUT2D eigenvalue weighted by Crippen LogP contribution is 2.52. The first-order chi connectivity index (χ1) is 13.0. The minimum Gasteiger partial charge on any atom is -0.481 e. The number of fused-ring (bicyclic) bond motifs is 2. The molecule has 3 rings (SSSR count). The largest absolute Gasteiger partial charge is 0.481 e. The normalized spacial score (nSPS) is 26.6. The van der Waals surface area contributed by atoms with Crippen LogP contribution in [0.15, 0.2) is 36.4 Å². The zero-order chi connectivity index (χ0) is 19.2. The van der Waals surface area contributed by atoms with Gasteiger partial charge >= 0.3 is 5.97 Å². The lowest BCUT2D eigenvalue weighted by Crippen LogP contribution is -2.38. The average molecular weight is 390 g/mol. The van der Waals surface area contributed by atoms with Gasteiger partial charge in [0.25, 0.3) is 0 Å². The van der Waals surface area contributed by atoms with Crippen molar-refractivity contribution in [2.45, 2.75) is 44.9 Å². The topological polar surface area (TPSA) is 66.4 Å². The molecule has 4 nitrogen and oxygen atoms in total. The van der Waals surface area contributed by atoms with Gasteiger partial charge in [0.05, 0.1) is 0 Å². The van der Waals surface area contributed by atoms with Crippen molar-refractivity contribution in [3.63, 3.8) is 0 Å². The predicted octanol–water partition coefficient (Wildman–Crippen LogP) is 4.47. The number of halogens is 1. The fourth-order valence-corrected chi connectivity index (χ4v) is 4.98. The van der Waals surface area contributed by atoms with Gasteiger partial charge in [-0.2, -0.15) is 0 Å². The summed E-state index contributed by atoms with van der Waals surface area (Å²) in [5.41, 5.74) is 1.13. The van der Waals surface area contributed by atoms with Gasteiger partial charge in [-0.3, -0.25) is 9.59 Å². The first kappa shape index (κ1) is 19.9. The van der Waals surface area contributed by atoms with Crippen LogP contribution in [0, 0.1) is 23.7 Å². The maximum Gasteiger partial charge on any atom is 0.303 e. The highest BCUT2D eigenvalue weighted by Gasteiger charge is 2.49. The Labute approximate surface area is 166 Å². The first-order valence-corrected chi connectivity index (χ1v) is 10.3. The van der Waals surface area contributed by atoms with Crippen molar-refractivity contribution in [3.8, 4) is 0 Å². The van der Waals surface area contributed by atoms with Crippen LogP contribution in [0.25, 0.3) is 0 Å². The quantitative estimate of drug-likeness (QED) is 0.483. The van der Waals surface area contributed by atoms with Gasteiger partial charge in [-0.15, -0.1) is 0 Å². The molecule has 2 fully saturated rings. The summed E-state index contributed by atoms with van der Waals surface area (Å²) in [7, 11) is 0. The monoisotopic (exact) mass is 389 g/mol. The predicted molar refractivity (Wildman–Crippen MR) is 107 cm³/mol. The van der Waals surface area contributed by atoms with E-state index >= 15 is 0 Å². The number of carboxylic acid groups (broad SMARTS) is 1. The second-order valence-electron chi connectivity index (χ2n) is 7.82. The van der Waals surface area contributed by atoms with Crippen molar-refractivity contribution in [2.24, 2.45) is 23.7 Å². The molecule has 2 aliphatic rings. The summed E-state index contributed by atoms with van der Waals surface area (Å²) < 4.78 is 0. The van der Waals surface area contributed by atoms with Gasteiger partial charge in [0, 0.05) is 23.9 Å². The third-order valence-corrected chi connectivity index (χ3v) is 6.24. The van der Waals surface area contributed by atoms with E-state index in [4.69, 9.17) is 16.7 Å². The van der Waals surface area contributed by atoms with Crippen molar-refractivity contribution in [2.75, 3.05) is 6.54 Å². The molecule has 4 unspecified atom stereocenters. The highest BCUT2D eigenvalue weighted by atomic mass is 35.5. The van der Waals surface area contributed by atoms with Gasteiger partial charge in [-0.25, -0.2) is 0 Å². The summed E-state index contributed by atoms with van der Waals surface area (Å²) in [6.45, 7) is 0.627. The van der Waals surface area contributed by atoms with Crippen LogP contribution in [0.4, 0.5) is 0 Å². The lowest BCUT2D eigenvalue weighted by molar-refractivity contribution is -0.137. The van der Waals surface area contributed by atoms with Gasteiger partial charge in [0.15, 0.2) is 0 Å². The molecule has 1 aromatic rings. The lowest BCUT2D eigenvalue weighted by atomic mass is 9.78. The summed E-state index contributed by atoms with van der Waals surface area (Å²) >= 11 is 6.01. The molecule has 0 saturated heterocycles. The molecule has 0 heterocycles. The second kappa shape index (κ2) is 9.41. The lowest BCUT2D eigenvalue weighted by Gasteiger charge is -2.28. The summed E-state index contributed by atoms with van der Waals surface area (Å²) in [5.74, 6) is 0.896. The Balaban J connectivity index is 1.50. The van der Waals surface area contributed by atoms with E-state index in [9.17, 15) is 9.59 Å². The molecule has 2 N–H and O–H groups in total. The van der Waals surface area contributed by atoms with Crippen LogP contribution in [0.3, 0.4) is 0 Å². The van der Waals surface area contributed by atoms with Crippen LogP contribution < -0.4 is 5.32 Å². The van der Waals surface area contributed by atoms with Crippen LogP contribution in [0.2, 0.25) is 5.02 Å². The summed E-state index contributed by atoms with van der Waals surface area (Å²) in [4.78, 5) is 23.4. The summed E-state index contributed by atoms with van der Waals surface area (Å²) in [5, 5.41) is 12.6. The van der Waals surface area contributed by atoms with Gasteiger partial charge < -0.3 is 10.4 Å². The van der Waals surface area contributed by atoms with Crippen molar-refractivity contribution in [3.05, 3.63) is 47.0 Å². The Bertz CT molecular complexity index is 703. The van der Waals surface area contributed by atoms with E-state index in [1.54, 1.807) is 0 Å². The number of unbranched alkanes of at least 4 members (excludes halogenated alkanes) is 1. The first-order valence-electron chi connectivity index (χ1n) is 9.95. The summed E-state index contributed by atoms with van der Waals surface area (Å²) in [6, 6.07) is 7.75. The number of hydrogen-bond donors (Lipinski definition) is 2. The smallest absolute Gasteiger partial charge is 0.303 e. The van der Waals surface area contributed by atoms with Crippen molar-refractivity contribution < 1.29 is 14.7 Å². The van der Waals surface area contributed by atoms with E-state index in [1.165, 1.54) is 6.42 Å². The minimum absolute atomic E-state index is 0.0684. The molecule has 2 bridgehead atoms. The molecule has 2 aliphatic carbocycles. The van der Waals surface area contributed by atoms with E-state index < -0.39 is 5.97 Å². The van der Waals surface area contributed by atoms with Gasteiger partial charge in [0.2, 0.25) is 5.91 Å². The number of hydrogen-bond acceptors (Lipinski definition) is 2. The fraction of sp³-hybridized carbons (Fsp3) is 0.545. The number of carboxylic acids is 1. The van der Waals surface area contributed by atoms with E-state index in [2.05, 4.69) is 17.5 Å². The van der Waals surface area contributed by atoms with Crippen LogP contribution in [0.5, 0.6) is 0 Å². The van der Waals surface area contributed by atoms with Gasteiger partial charge in [-0.1, -0.05) is 35.9 Å². The zero-order valence-electron chi connectivity index (χ0n) is 15.6. The van der Waals surface area contributed by atoms with E-state index in [0.29, 0.717) is 30.7 Å². The molecular formula is C22H28ClNO3.